The molecule has 0 saturated heterocycles. The number of primary amides is 1. The lowest BCUT2D eigenvalue weighted by atomic mass is 9.66. The second kappa shape index (κ2) is 11.0. The quantitative estimate of drug-likeness (QED) is 0.468. The summed E-state index contributed by atoms with van der Waals surface area (Å²) in [6, 6.07) is 2.56. The molecule has 2 aliphatic carbocycles. The van der Waals surface area contributed by atoms with Gasteiger partial charge in [0.2, 0.25) is 5.91 Å². The van der Waals surface area contributed by atoms with Gasteiger partial charge in [0, 0.05) is 8.80 Å². The minimum atomic E-state index is -1.07. The molecule has 3 unspecified atom stereocenters. The first-order valence-corrected chi connectivity index (χ1v) is 14.8. The summed E-state index contributed by atoms with van der Waals surface area (Å²) >= 11 is 0. The second-order valence-electron chi connectivity index (χ2n) is 9.95. The zero-order valence-corrected chi connectivity index (χ0v) is 21.4. The molecule has 29 heavy (non-hydrogen) atoms. The number of hydrogen-bond acceptors (Lipinski definition) is 1. The van der Waals surface area contributed by atoms with Crippen molar-refractivity contribution in [3.63, 3.8) is 0 Å². The van der Waals surface area contributed by atoms with E-state index >= 15 is 0 Å². The minimum absolute atomic E-state index is 0.0114. The maximum absolute atomic E-state index is 13.5. The van der Waals surface area contributed by atoms with Crippen molar-refractivity contribution in [2.45, 2.75) is 123 Å². The van der Waals surface area contributed by atoms with Crippen LogP contribution in [0.2, 0.25) is 17.6 Å². The summed E-state index contributed by atoms with van der Waals surface area (Å²) in [5, 5.41) is 0. The lowest BCUT2D eigenvalue weighted by Gasteiger charge is -2.45. The monoisotopic (exact) mass is 417 g/mol. The third-order valence-corrected chi connectivity index (χ3v) is 12.8. The van der Waals surface area contributed by atoms with Gasteiger partial charge in [-0.3, -0.25) is 4.79 Å². The molecule has 0 spiro atoms. The van der Waals surface area contributed by atoms with E-state index in [4.69, 9.17) is 5.73 Å². The molecule has 0 heterocycles. The van der Waals surface area contributed by atoms with Gasteiger partial charge in [0.1, 0.15) is 0 Å². The molecular formula is C26H47NOSi. The smallest absolute Gasteiger partial charge is 0.227 e. The topological polar surface area (TPSA) is 43.1 Å². The molecule has 0 aromatic heterocycles. The predicted octanol–water partition coefficient (Wildman–Crippen LogP) is 7.31. The number of hydrogen-bond donors (Lipinski definition) is 1. The van der Waals surface area contributed by atoms with Crippen LogP contribution in [0, 0.1) is 11.3 Å². The van der Waals surface area contributed by atoms with Crippen molar-refractivity contribution in [3.05, 3.63) is 22.3 Å². The lowest BCUT2D eigenvalue weighted by Crippen LogP contribution is -2.48. The Morgan fingerprint density at radius 1 is 0.931 bits per heavy atom. The molecule has 1 amide bonds. The summed E-state index contributed by atoms with van der Waals surface area (Å²) in [6.45, 7) is 13.9. The summed E-state index contributed by atoms with van der Waals surface area (Å²) in [4.78, 5) is 13.5. The zero-order chi connectivity index (χ0) is 21.6. The average Bonchev–Trinajstić information content (AvgIpc) is 2.88. The summed E-state index contributed by atoms with van der Waals surface area (Å²) < 4.78 is 0. The Morgan fingerprint density at radius 2 is 1.45 bits per heavy atom. The van der Waals surface area contributed by atoms with Gasteiger partial charge in [-0.15, -0.1) is 0 Å². The van der Waals surface area contributed by atoms with E-state index in [-0.39, 0.29) is 5.91 Å². The molecule has 3 atom stereocenters. The van der Waals surface area contributed by atoms with Crippen LogP contribution in [-0.2, 0) is 4.79 Å². The van der Waals surface area contributed by atoms with E-state index in [1.165, 1.54) is 85.7 Å². The van der Waals surface area contributed by atoms with E-state index in [1.807, 2.05) is 0 Å². The number of allylic oxidation sites excluding steroid dienone is 3. The first-order valence-electron chi connectivity index (χ1n) is 12.5. The molecule has 0 aromatic carbocycles. The average molecular weight is 418 g/mol. The number of nitrogens with two attached hydrogens (primary N) is 1. The highest BCUT2D eigenvalue weighted by Crippen LogP contribution is 2.57. The Kier molecular flexibility index (Phi) is 9.25. The van der Waals surface area contributed by atoms with Crippen molar-refractivity contribution >= 4 is 14.7 Å². The number of rotatable bonds is 5. The molecule has 1 saturated carbocycles. The van der Waals surface area contributed by atoms with Gasteiger partial charge < -0.3 is 5.73 Å². The SMILES string of the molecule is CC[SiH](CC)C1CCCCCCCCCCC1(C(N)=O)C1=C(C)C(C)=C(C)C1C. The number of carbonyl (C=O) groups is 1. The van der Waals surface area contributed by atoms with Crippen LogP contribution < -0.4 is 5.73 Å². The van der Waals surface area contributed by atoms with Crippen molar-refractivity contribution < 1.29 is 4.79 Å². The normalized spacial score (nSPS) is 30.4. The van der Waals surface area contributed by atoms with Crippen molar-refractivity contribution in [1.82, 2.24) is 0 Å². The predicted molar refractivity (Wildman–Crippen MR) is 130 cm³/mol. The van der Waals surface area contributed by atoms with Gasteiger partial charge in [0.05, 0.1) is 5.41 Å². The Morgan fingerprint density at radius 3 is 1.90 bits per heavy atom. The Bertz CT molecular complexity index is 631. The standard InChI is InChI=1S/C26H47NOSi/c1-7-29(8-2)23-17-15-13-11-9-10-12-14-16-18-26(23,25(27)28)24-21(5)19(3)20(4)22(24)6/h21,23,29H,7-18H2,1-6H3,(H2,27,28). The maximum Gasteiger partial charge on any atom is 0.227 e. The zero-order valence-electron chi connectivity index (χ0n) is 20.2. The largest absolute Gasteiger partial charge is 0.369 e. The molecule has 2 rings (SSSR count). The van der Waals surface area contributed by atoms with Crippen molar-refractivity contribution in [2.75, 3.05) is 0 Å². The lowest BCUT2D eigenvalue weighted by molar-refractivity contribution is -0.127. The van der Waals surface area contributed by atoms with Crippen molar-refractivity contribution in [2.24, 2.45) is 17.1 Å². The van der Waals surface area contributed by atoms with Gasteiger partial charge in [-0.1, -0.05) is 96.2 Å². The highest BCUT2D eigenvalue weighted by atomic mass is 28.3. The Balaban J connectivity index is 2.62. The molecule has 2 nitrogen and oxygen atoms in total. The van der Waals surface area contributed by atoms with Crippen LogP contribution in [0.15, 0.2) is 22.3 Å². The van der Waals surface area contributed by atoms with Crippen LogP contribution in [0.5, 0.6) is 0 Å². The van der Waals surface area contributed by atoms with E-state index in [2.05, 4.69) is 41.5 Å². The molecule has 0 bridgehead atoms. The summed E-state index contributed by atoms with van der Waals surface area (Å²) in [5.41, 5.74) is 12.2. The summed E-state index contributed by atoms with van der Waals surface area (Å²) in [7, 11) is -1.07. The van der Waals surface area contributed by atoms with E-state index in [0.29, 0.717) is 11.5 Å². The van der Waals surface area contributed by atoms with Crippen molar-refractivity contribution in [1.29, 1.82) is 0 Å². The molecule has 1 fully saturated rings. The van der Waals surface area contributed by atoms with Crippen LogP contribution in [0.3, 0.4) is 0 Å². The van der Waals surface area contributed by atoms with Gasteiger partial charge >= 0.3 is 0 Å². The van der Waals surface area contributed by atoms with Gasteiger partial charge in [-0.25, -0.2) is 0 Å². The first kappa shape index (κ1) is 24.4. The highest BCUT2D eigenvalue weighted by molar-refractivity contribution is 6.61. The van der Waals surface area contributed by atoms with Crippen molar-refractivity contribution in [3.8, 4) is 0 Å². The van der Waals surface area contributed by atoms with E-state index in [1.54, 1.807) is 0 Å². The van der Waals surface area contributed by atoms with Gasteiger partial charge in [-0.05, 0) is 55.4 Å². The van der Waals surface area contributed by atoms with Crippen LogP contribution >= 0.6 is 0 Å². The van der Waals surface area contributed by atoms with Crippen LogP contribution in [0.4, 0.5) is 0 Å². The van der Waals surface area contributed by atoms with E-state index < -0.39 is 14.2 Å². The molecule has 166 valence electrons. The highest BCUT2D eigenvalue weighted by Gasteiger charge is 2.52. The third-order valence-electron chi connectivity index (χ3n) is 8.65. The molecule has 0 aromatic rings. The fraction of sp³-hybridized carbons (Fsp3) is 0.808. The second-order valence-corrected chi connectivity index (χ2v) is 13.9. The fourth-order valence-electron chi connectivity index (χ4n) is 6.61. The van der Waals surface area contributed by atoms with Crippen LogP contribution in [-0.4, -0.2) is 14.7 Å². The molecule has 2 aliphatic rings. The Hall–Kier alpha value is -0.833. The number of amides is 1. The van der Waals surface area contributed by atoms with Gasteiger partial charge in [0.25, 0.3) is 0 Å². The third kappa shape index (κ3) is 4.92. The molecular weight excluding hydrogens is 370 g/mol. The van der Waals surface area contributed by atoms with Crippen LogP contribution in [0.25, 0.3) is 0 Å². The minimum Gasteiger partial charge on any atom is -0.369 e. The molecule has 2 N–H and O–H groups in total. The first-order chi connectivity index (χ1) is 13.8. The van der Waals surface area contributed by atoms with Gasteiger partial charge in [-0.2, -0.15) is 0 Å². The molecule has 0 radical (unpaired) electrons. The molecule has 0 aliphatic heterocycles. The van der Waals surface area contributed by atoms with Crippen LogP contribution in [0.1, 0.15) is 106 Å². The maximum atomic E-state index is 13.5. The molecule has 3 heteroatoms. The summed E-state index contributed by atoms with van der Waals surface area (Å²) in [6.07, 6.45) is 12.6. The van der Waals surface area contributed by atoms with E-state index in [9.17, 15) is 4.79 Å². The summed E-state index contributed by atoms with van der Waals surface area (Å²) in [5.74, 6) is 0.351. The van der Waals surface area contributed by atoms with Gasteiger partial charge in [0.15, 0.2) is 0 Å². The van der Waals surface area contributed by atoms with E-state index in [0.717, 1.165) is 12.8 Å². The Labute approximate surface area is 182 Å². The number of carbonyl (C=O) groups excluding carboxylic acids is 1. The fourth-order valence-corrected chi connectivity index (χ4v) is 10.4.